The van der Waals surface area contributed by atoms with Crippen LogP contribution in [0.1, 0.15) is 18.9 Å². The number of aromatic nitrogens is 2. The number of hydrazine groups is 1. The van der Waals surface area contributed by atoms with Crippen molar-refractivity contribution in [3.05, 3.63) is 11.9 Å². The zero-order valence-electron chi connectivity index (χ0n) is 8.66. The summed E-state index contributed by atoms with van der Waals surface area (Å²) in [7, 11) is 0. The first-order chi connectivity index (χ1) is 7.33. The van der Waals surface area contributed by atoms with E-state index in [0.717, 1.165) is 12.0 Å². The Balaban J connectivity index is 2.82. The van der Waals surface area contributed by atoms with Gasteiger partial charge in [0.25, 0.3) is 0 Å². The van der Waals surface area contributed by atoms with Crippen LogP contribution in [0.4, 0.5) is 5.82 Å². The molecule has 0 aliphatic rings. The van der Waals surface area contributed by atoms with Gasteiger partial charge in [0, 0.05) is 6.42 Å². The molecule has 0 amide bonds. The lowest BCUT2D eigenvalue weighted by Crippen LogP contribution is -2.13. The standard InChI is InChI=1S/C10H14N4O/c1-3-5-6-15-10-8(4-2)9(14-11)12-7-13-10/h1,7H,4-6,11H2,2H3,(H,12,13,14). The quantitative estimate of drug-likeness (QED) is 0.321. The van der Waals surface area contributed by atoms with E-state index in [1.165, 1.54) is 6.33 Å². The van der Waals surface area contributed by atoms with Crippen molar-refractivity contribution in [1.29, 1.82) is 0 Å². The molecule has 1 aromatic rings. The topological polar surface area (TPSA) is 73.1 Å². The molecule has 0 aliphatic heterocycles. The van der Waals surface area contributed by atoms with Crippen LogP contribution >= 0.6 is 0 Å². The van der Waals surface area contributed by atoms with Crippen molar-refractivity contribution in [2.45, 2.75) is 19.8 Å². The van der Waals surface area contributed by atoms with Gasteiger partial charge in [0.1, 0.15) is 18.8 Å². The lowest BCUT2D eigenvalue weighted by atomic mass is 10.2. The molecule has 0 radical (unpaired) electrons. The monoisotopic (exact) mass is 206 g/mol. The zero-order valence-corrected chi connectivity index (χ0v) is 8.66. The third kappa shape index (κ3) is 2.82. The highest BCUT2D eigenvalue weighted by Gasteiger charge is 2.09. The van der Waals surface area contributed by atoms with Crippen LogP contribution in [0.15, 0.2) is 6.33 Å². The Bertz CT molecular complexity index is 359. The van der Waals surface area contributed by atoms with Crippen LogP contribution in [0, 0.1) is 12.3 Å². The summed E-state index contributed by atoms with van der Waals surface area (Å²) < 4.78 is 5.42. The predicted octanol–water partition coefficient (Wildman–Crippen LogP) is 0.727. The van der Waals surface area contributed by atoms with Gasteiger partial charge in [-0.3, -0.25) is 0 Å². The summed E-state index contributed by atoms with van der Waals surface area (Å²) in [4.78, 5) is 8.02. The first-order valence-corrected chi connectivity index (χ1v) is 4.70. The molecule has 0 spiro atoms. The van der Waals surface area contributed by atoms with Crippen LogP contribution in [0.25, 0.3) is 0 Å². The maximum atomic E-state index is 5.42. The summed E-state index contributed by atoms with van der Waals surface area (Å²) in [6.45, 7) is 2.43. The molecule has 0 aliphatic carbocycles. The number of hydrogen-bond acceptors (Lipinski definition) is 5. The lowest BCUT2D eigenvalue weighted by Gasteiger charge is -2.10. The van der Waals surface area contributed by atoms with Crippen LogP contribution in [0.2, 0.25) is 0 Å². The normalized spacial score (nSPS) is 9.40. The van der Waals surface area contributed by atoms with Gasteiger partial charge in [-0.05, 0) is 6.42 Å². The van der Waals surface area contributed by atoms with Crippen molar-refractivity contribution in [2.24, 2.45) is 5.84 Å². The largest absolute Gasteiger partial charge is 0.476 e. The number of hydrogen-bond donors (Lipinski definition) is 2. The first kappa shape index (κ1) is 11.3. The number of anilines is 1. The maximum absolute atomic E-state index is 5.42. The summed E-state index contributed by atoms with van der Waals surface area (Å²) in [6.07, 6.45) is 7.82. The van der Waals surface area contributed by atoms with Crippen LogP contribution in [-0.4, -0.2) is 16.6 Å². The van der Waals surface area contributed by atoms with Gasteiger partial charge in [-0.25, -0.2) is 15.8 Å². The van der Waals surface area contributed by atoms with Crippen LogP contribution in [0.5, 0.6) is 5.88 Å². The van der Waals surface area contributed by atoms with E-state index in [2.05, 4.69) is 21.3 Å². The molecule has 0 saturated heterocycles. The number of terminal acetylenes is 1. The molecular weight excluding hydrogens is 192 g/mol. The van der Waals surface area contributed by atoms with Gasteiger partial charge in [0.15, 0.2) is 0 Å². The zero-order chi connectivity index (χ0) is 11.1. The SMILES string of the molecule is C#CCCOc1ncnc(NN)c1CC. The second-order valence-corrected chi connectivity index (χ2v) is 2.81. The van der Waals surface area contributed by atoms with Crippen molar-refractivity contribution < 1.29 is 4.74 Å². The van der Waals surface area contributed by atoms with Gasteiger partial charge >= 0.3 is 0 Å². The fourth-order valence-corrected chi connectivity index (χ4v) is 1.17. The average molecular weight is 206 g/mol. The van der Waals surface area contributed by atoms with E-state index in [9.17, 15) is 0 Å². The Hall–Kier alpha value is -1.80. The number of nitrogens with two attached hydrogens (primary N) is 1. The number of nitrogens with zero attached hydrogens (tertiary/aromatic N) is 2. The third-order valence-corrected chi connectivity index (χ3v) is 1.88. The van der Waals surface area contributed by atoms with Gasteiger partial charge in [-0.15, -0.1) is 12.3 Å². The highest BCUT2D eigenvalue weighted by Crippen LogP contribution is 2.21. The van der Waals surface area contributed by atoms with Crippen LogP contribution in [0.3, 0.4) is 0 Å². The molecular formula is C10H14N4O. The minimum atomic E-state index is 0.449. The van der Waals surface area contributed by atoms with E-state index >= 15 is 0 Å². The second kappa shape index (κ2) is 5.83. The molecule has 80 valence electrons. The minimum absolute atomic E-state index is 0.449. The number of nitrogens with one attached hydrogen (secondary N) is 1. The Morgan fingerprint density at radius 2 is 2.40 bits per heavy atom. The van der Waals surface area contributed by atoms with Gasteiger partial charge in [-0.2, -0.15) is 0 Å². The molecule has 5 nitrogen and oxygen atoms in total. The summed E-state index contributed by atoms with van der Waals surface area (Å²) in [6, 6.07) is 0. The van der Waals surface area contributed by atoms with Crippen molar-refractivity contribution in [2.75, 3.05) is 12.0 Å². The Kier molecular flexibility index (Phi) is 4.38. The van der Waals surface area contributed by atoms with Crippen molar-refractivity contribution in [3.63, 3.8) is 0 Å². The average Bonchev–Trinajstić information content (AvgIpc) is 2.29. The van der Waals surface area contributed by atoms with Gasteiger partial charge < -0.3 is 10.2 Å². The molecule has 15 heavy (non-hydrogen) atoms. The van der Waals surface area contributed by atoms with E-state index in [1.807, 2.05) is 6.92 Å². The minimum Gasteiger partial charge on any atom is -0.476 e. The van der Waals surface area contributed by atoms with Crippen molar-refractivity contribution in [1.82, 2.24) is 9.97 Å². The fraction of sp³-hybridized carbons (Fsp3) is 0.400. The van der Waals surface area contributed by atoms with Crippen LogP contribution in [-0.2, 0) is 6.42 Å². The molecule has 0 bridgehead atoms. The summed E-state index contributed by atoms with van der Waals surface area (Å²) in [5, 5.41) is 0. The van der Waals surface area contributed by atoms with E-state index in [-0.39, 0.29) is 0 Å². The fourth-order valence-electron chi connectivity index (χ4n) is 1.17. The molecule has 1 heterocycles. The molecule has 3 N–H and O–H groups in total. The van der Waals surface area contributed by atoms with E-state index in [1.54, 1.807) is 0 Å². The number of ether oxygens (including phenoxy) is 1. The molecule has 0 unspecified atom stereocenters. The summed E-state index contributed by atoms with van der Waals surface area (Å²) in [5.41, 5.74) is 3.36. The van der Waals surface area contributed by atoms with Crippen molar-refractivity contribution in [3.8, 4) is 18.2 Å². The molecule has 5 heteroatoms. The van der Waals surface area contributed by atoms with Gasteiger partial charge in [0.2, 0.25) is 5.88 Å². The van der Waals surface area contributed by atoms with E-state index < -0.39 is 0 Å². The highest BCUT2D eigenvalue weighted by atomic mass is 16.5. The maximum Gasteiger partial charge on any atom is 0.221 e. The molecule has 0 saturated carbocycles. The number of rotatable bonds is 5. The molecule has 0 fully saturated rings. The molecule has 1 rings (SSSR count). The van der Waals surface area contributed by atoms with Crippen LogP contribution < -0.4 is 16.0 Å². The Morgan fingerprint density at radius 3 is 3.00 bits per heavy atom. The second-order valence-electron chi connectivity index (χ2n) is 2.81. The first-order valence-electron chi connectivity index (χ1n) is 4.70. The molecule has 0 aromatic carbocycles. The summed E-state index contributed by atoms with van der Waals surface area (Å²) >= 11 is 0. The number of nitrogen functional groups attached to an aromatic ring is 1. The summed E-state index contributed by atoms with van der Waals surface area (Å²) in [5.74, 6) is 8.94. The van der Waals surface area contributed by atoms with Crippen molar-refractivity contribution >= 4 is 5.82 Å². The highest BCUT2D eigenvalue weighted by molar-refractivity contribution is 5.47. The van der Waals surface area contributed by atoms with Gasteiger partial charge in [0.05, 0.1) is 5.56 Å². The predicted molar refractivity (Wildman–Crippen MR) is 58.2 cm³/mol. The molecule has 0 atom stereocenters. The molecule has 1 aromatic heterocycles. The Morgan fingerprint density at radius 1 is 1.60 bits per heavy atom. The lowest BCUT2D eigenvalue weighted by molar-refractivity contribution is 0.310. The van der Waals surface area contributed by atoms with Gasteiger partial charge in [-0.1, -0.05) is 6.92 Å². The third-order valence-electron chi connectivity index (χ3n) is 1.88. The smallest absolute Gasteiger partial charge is 0.221 e. The Labute approximate surface area is 89.0 Å². The van der Waals surface area contributed by atoms with E-state index in [0.29, 0.717) is 24.7 Å². The van der Waals surface area contributed by atoms with E-state index in [4.69, 9.17) is 17.0 Å².